The molecule has 1 aliphatic heterocycles. The van der Waals surface area contributed by atoms with Gasteiger partial charge in [0, 0.05) is 23.6 Å². The molecule has 0 radical (unpaired) electrons. The molecule has 0 aliphatic carbocycles. The number of halogens is 1. The van der Waals surface area contributed by atoms with Crippen molar-refractivity contribution in [1.29, 1.82) is 0 Å². The normalized spacial score (nSPS) is 17.8. The molecule has 0 spiro atoms. The number of carboxylic acids is 1. The Bertz CT molecular complexity index is 1010. The summed E-state index contributed by atoms with van der Waals surface area (Å²) in [4.78, 5) is 37.7. The van der Waals surface area contributed by atoms with E-state index in [4.69, 9.17) is 16.7 Å². The first kappa shape index (κ1) is 22.4. The van der Waals surface area contributed by atoms with E-state index >= 15 is 0 Å². The van der Waals surface area contributed by atoms with Crippen molar-refractivity contribution < 1.29 is 29.7 Å². The average molecular weight is 444 g/mol. The van der Waals surface area contributed by atoms with E-state index in [0.717, 1.165) is 0 Å². The molecule has 7 nitrogen and oxygen atoms in total. The molecular weight excluding hydrogens is 422 g/mol. The maximum Gasteiger partial charge on any atom is 0.303 e. The number of amides is 1. The number of ketones is 1. The molecule has 3 N–H and O–H groups in total. The van der Waals surface area contributed by atoms with Crippen LogP contribution in [0.3, 0.4) is 0 Å². The maximum atomic E-state index is 12.9. The molecule has 1 saturated heterocycles. The second kappa shape index (κ2) is 9.66. The number of aliphatic hydroxyl groups is 1. The summed E-state index contributed by atoms with van der Waals surface area (Å²) in [6, 6.07) is 11.5. The monoisotopic (exact) mass is 443 g/mol. The number of rotatable bonds is 8. The van der Waals surface area contributed by atoms with Gasteiger partial charge in [-0.3, -0.25) is 14.4 Å². The van der Waals surface area contributed by atoms with Gasteiger partial charge in [-0.2, -0.15) is 0 Å². The highest BCUT2D eigenvalue weighted by molar-refractivity contribution is 6.46. The molecule has 31 heavy (non-hydrogen) atoms. The predicted octanol–water partition coefficient (Wildman–Crippen LogP) is 4.11. The van der Waals surface area contributed by atoms with Crippen LogP contribution in [0, 0.1) is 0 Å². The Labute approximate surface area is 184 Å². The van der Waals surface area contributed by atoms with E-state index in [-0.39, 0.29) is 30.0 Å². The minimum atomic E-state index is -0.882. The molecule has 8 heteroatoms. The van der Waals surface area contributed by atoms with Crippen molar-refractivity contribution in [2.75, 3.05) is 6.54 Å². The number of carbonyl (C=O) groups excluding carboxylic acids is 2. The zero-order chi connectivity index (χ0) is 22.5. The maximum absolute atomic E-state index is 12.9. The number of aliphatic hydroxyl groups excluding tert-OH is 1. The lowest BCUT2D eigenvalue weighted by atomic mass is 9.95. The van der Waals surface area contributed by atoms with Crippen molar-refractivity contribution in [3.05, 3.63) is 70.3 Å². The summed E-state index contributed by atoms with van der Waals surface area (Å²) in [5, 5.41) is 29.8. The summed E-state index contributed by atoms with van der Waals surface area (Å²) in [6.45, 7) is 0.229. The zero-order valence-electron chi connectivity index (χ0n) is 16.6. The Morgan fingerprint density at radius 3 is 2.19 bits per heavy atom. The molecule has 3 rings (SSSR count). The second-order valence-corrected chi connectivity index (χ2v) is 7.73. The number of hydrogen-bond donors (Lipinski definition) is 3. The third-order valence-electron chi connectivity index (χ3n) is 5.16. The van der Waals surface area contributed by atoms with Crippen LogP contribution in [-0.4, -0.2) is 44.4 Å². The van der Waals surface area contributed by atoms with Crippen LogP contribution >= 0.6 is 11.6 Å². The van der Waals surface area contributed by atoms with Crippen LogP contribution in [0.25, 0.3) is 5.76 Å². The largest absolute Gasteiger partial charge is 0.508 e. The molecule has 1 amide bonds. The molecule has 0 bridgehead atoms. The number of aliphatic carboxylic acids is 1. The van der Waals surface area contributed by atoms with Crippen LogP contribution in [0.15, 0.2) is 54.1 Å². The van der Waals surface area contributed by atoms with Gasteiger partial charge >= 0.3 is 5.97 Å². The first-order valence-electron chi connectivity index (χ1n) is 9.84. The number of hydrogen-bond acceptors (Lipinski definition) is 5. The summed E-state index contributed by atoms with van der Waals surface area (Å²) in [5.74, 6) is -2.68. The number of phenolic OH excluding ortho intramolecular Hbond substituents is 1. The van der Waals surface area contributed by atoms with Crippen molar-refractivity contribution in [2.24, 2.45) is 0 Å². The number of carboxylic acid groups (broad SMARTS) is 1. The fraction of sp³-hybridized carbons (Fsp3) is 0.261. The first-order valence-corrected chi connectivity index (χ1v) is 10.2. The van der Waals surface area contributed by atoms with Crippen LogP contribution in [0.2, 0.25) is 5.02 Å². The van der Waals surface area contributed by atoms with Gasteiger partial charge in [0.05, 0.1) is 11.6 Å². The predicted molar refractivity (Wildman–Crippen MR) is 115 cm³/mol. The highest BCUT2D eigenvalue weighted by Gasteiger charge is 2.45. The number of likely N-dealkylation sites (tertiary alicyclic amines) is 1. The molecular formula is C23H22ClNO6. The Kier molecular flexibility index (Phi) is 6.97. The first-order chi connectivity index (χ1) is 14.8. The Morgan fingerprint density at radius 1 is 0.935 bits per heavy atom. The van der Waals surface area contributed by atoms with Gasteiger partial charge in [0.25, 0.3) is 11.7 Å². The van der Waals surface area contributed by atoms with Crippen LogP contribution in [-0.2, 0) is 14.4 Å². The molecule has 1 aliphatic rings. The lowest BCUT2D eigenvalue weighted by molar-refractivity contribution is -0.140. The van der Waals surface area contributed by atoms with Crippen molar-refractivity contribution in [2.45, 2.75) is 31.7 Å². The summed E-state index contributed by atoms with van der Waals surface area (Å²) < 4.78 is 0. The zero-order valence-corrected chi connectivity index (χ0v) is 17.4. The molecule has 2 aromatic carbocycles. The van der Waals surface area contributed by atoms with Gasteiger partial charge in [0.1, 0.15) is 11.5 Å². The van der Waals surface area contributed by atoms with Gasteiger partial charge < -0.3 is 20.2 Å². The number of carbonyl (C=O) groups is 3. The summed E-state index contributed by atoms with van der Waals surface area (Å²) >= 11 is 5.91. The van der Waals surface area contributed by atoms with Crippen LogP contribution in [0.4, 0.5) is 0 Å². The van der Waals surface area contributed by atoms with Gasteiger partial charge in [-0.15, -0.1) is 0 Å². The Balaban J connectivity index is 1.96. The van der Waals surface area contributed by atoms with E-state index in [1.807, 2.05) is 0 Å². The third kappa shape index (κ3) is 5.06. The standard InChI is InChI=1S/C23H22ClNO6/c24-16-9-5-15(6-10-16)21(29)19-20(14-7-11-17(26)12-8-14)25(23(31)22(19)30)13-3-1-2-4-18(27)28/h5-12,20,26,29H,1-4,13H2,(H,27,28)/t20-/m1/s1. The van der Waals surface area contributed by atoms with E-state index < -0.39 is 23.7 Å². The smallest absolute Gasteiger partial charge is 0.303 e. The lowest BCUT2D eigenvalue weighted by Crippen LogP contribution is -2.30. The molecule has 0 unspecified atom stereocenters. The van der Waals surface area contributed by atoms with E-state index in [0.29, 0.717) is 35.4 Å². The molecule has 0 aromatic heterocycles. The second-order valence-electron chi connectivity index (χ2n) is 7.30. The minimum Gasteiger partial charge on any atom is -0.508 e. The summed E-state index contributed by atoms with van der Waals surface area (Å²) in [5.41, 5.74) is 0.884. The average Bonchev–Trinajstić information content (AvgIpc) is 2.99. The van der Waals surface area contributed by atoms with Crippen molar-refractivity contribution in [1.82, 2.24) is 4.90 Å². The number of benzene rings is 2. The molecule has 1 heterocycles. The topological polar surface area (TPSA) is 115 Å². The molecule has 1 atom stereocenters. The summed E-state index contributed by atoms with van der Waals surface area (Å²) in [6.07, 6.45) is 1.59. The van der Waals surface area contributed by atoms with Gasteiger partial charge in [-0.1, -0.05) is 30.2 Å². The number of aromatic hydroxyl groups is 1. The van der Waals surface area contributed by atoms with Crippen molar-refractivity contribution >= 4 is 35.0 Å². The van der Waals surface area contributed by atoms with E-state index in [1.54, 1.807) is 36.4 Å². The molecule has 162 valence electrons. The minimum absolute atomic E-state index is 0.0343. The van der Waals surface area contributed by atoms with Gasteiger partial charge in [0.15, 0.2) is 0 Å². The molecule has 0 saturated carbocycles. The highest BCUT2D eigenvalue weighted by Crippen LogP contribution is 2.40. The fourth-order valence-corrected chi connectivity index (χ4v) is 3.74. The Morgan fingerprint density at radius 2 is 1.58 bits per heavy atom. The molecule has 2 aromatic rings. The van der Waals surface area contributed by atoms with E-state index in [1.165, 1.54) is 17.0 Å². The van der Waals surface area contributed by atoms with Crippen molar-refractivity contribution in [3.8, 4) is 5.75 Å². The number of nitrogens with zero attached hydrogens (tertiary/aromatic N) is 1. The van der Waals surface area contributed by atoms with E-state index in [9.17, 15) is 24.6 Å². The van der Waals surface area contributed by atoms with Gasteiger partial charge in [0.2, 0.25) is 0 Å². The highest BCUT2D eigenvalue weighted by atomic mass is 35.5. The van der Waals surface area contributed by atoms with Crippen molar-refractivity contribution in [3.63, 3.8) is 0 Å². The Hall–Kier alpha value is -3.32. The van der Waals surface area contributed by atoms with E-state index in [2.05, 4.69) is 0 Å². The summed E-state index contributed by atoms with van der Waals surface area (Å²) in [7, 11) is 0. The fourth-order valence-electron chi connectivity index (χ4n) is 3.61. The lowest BCUT2D eigenvalue weighted by Gasteiger charge is -2.25. The van der Waals surface area contributed by atoms with Gasteiger partial charge in [-0.05, 0) is 54.8 Å². The van der Waals surface area contributed by atoms with Gasteiger partial charge in [-0.25, -0.2) is 0 Å². The van der Waals surface area contributed by atoms with Crippen LogP contribution in [0.1, 0.15) is 42.9 Å². The van der Waals surface area contributed by atoms with Crippen LogP contribution < -0.4 is 0 Å². The third-order valence-corrected chi connectivity index (χ3v) is 5.41. The number of phenols is 1. The van der Waals surface area contributed by atoms with Crippen LogP contribution in [0.5, 0.6) is 5.75 Å². The quantitative estimate of drug-likeness (QED) is 0.245. The number of Topliss-reactive ketones (excluding diaryl/α,β-unsaturated/α-hetero) is 1. The number of unbranched alkanes of at least 4 members (excludes halogenated alkanes) is 2. The molecule has 1 fully saturated rings. The SMILES string of the molecule is O=C(O)CCCCCN1C(=O)C(=O)C(=C(O)c2ccc(Cl)cc2)[C@H]1c1ccc(O)cc1.